The molecule has 1 aromatic rings. The number of hydrogen-bond acceptors (Lipinski definition) is 4. The summed E-state index contributed by atoms with van der Waals surface area (Å²) in [5, 5.41) is 1.02. The summed E-state index contributed by atoms with van der Waals surface area (Å²) in [7, 11) is 0. The fourth-order valence-electron chi connectivity index (χ4n) is 2.30. The van der Waals surface area contributed by atoms with E-state index in [1.54, 1.807) is 6.07 Å². The highest BCUT2D eigenvalue weighted by Gasteiger charge is 2.26. The maximum atomic E-state index is 6.20. The number of nitrogens with zero attached hydrogens (tertiary/aromatic N) is 2. The van der Waals surface area contributed by atoms with E-state index in [2.05, 4.69) is 22.2 Å². The van der Waals surface area contributed by atoms with Crippen LogP contribution in [0.4, 0.5) is 11.6 Å². The van der Waals surface area contributed by atoms with Gasteiger partial charge in [0.2, 0.25) is 0 Å². The van der Waals surface area contributed by atoms with Crippen molar-refractivity contribution in [2.75, 3.05) is 16.9 Å². The minimum absolute atomic E-state index is 0.438. The molecule has 0 bridgehead atoms. The van der Waals surface area contributed by atoms with Gasteiger partial charge in [-0.25, -0.2) is 10.8 Å². The minimum atomic E-state index is 0.438. The topological polar surface area (TPSA) is 54.2 Å². The molecule has 1 saturated heterocycles. The highest BCUT2D eigenvalue weighted by atomic mass is 35.5. The number of hydrazine groups is 1. The van der Waals surface area contributed by atoms with Crippen molar-refractivity contribution in [3.05, 3.63) is 16.1 Å². The van der Waals surface area contributed by atoms with E-state index in [-0.39, 0.29) is 0 Å². The van der Waals surface area contributed by atoms with Gasteiger partial charge in [0.1, 0.15) is 5.82 Å². The number of anilines is 2. The van der Waals surface area contributed by atoms with Gasteiger partial charge in [-0.1, -0.05) is 30.1 Å². The second-order valence-electron chi connectivity index (χ2n) is 4.17. The Hall–Kier alpha value is -0.710. The molecule has 1 atom stereocenters. The van der Waals surface area contributed by atoms with Gasteiger partial charge in [0.05, 0.1) is 10.0 Å². The van der Waals surface area contributed by atoms with Crippen molar-refractivity contribution in [2.45, 2.75) is 32.2 Å². The van der Waals surface area contributed by atoms with Crippen LogP contribution >= 0.6 is 23.2 Å². The van der Waals surface area contributed by atoms with Gasteiger partial charge in [0.15, 0.2) is 5.82 Å². The lowest BCUT2D eigenvalue weighted by atomic mass is 10.2. The van der Waals surface area contributed by atoms with Gasteiger partial charge in [-0.3, -0.25) is 0 Å². The van der Waals surface area contributed by atoms with Crippen LogP contribution in [0.2, 0.25) is 10.0 Å². The predicted molar refractivity (Wildman–Crippen MR) is 72.7 cm³/mol. The Balaban J connectivity index is 2.37. The van der Waals surface area contributed by atoms with E-state index in [4.69, 9.17) is 29.0 Å². The van der Waals surface area contributed by atoms with Gasteiger partial charge < -0.3 is 10.3 Å². The zero-order chi connectivity index (χ0) is 12.4. The molecule has 3 N–H and O–H groups in total. The zero-order valence-corrected chi connectivity index (χ0v) is 11.2. The number of hydrogen-bond donors (Lipinski definition) is 2. The van der Waals surface area contributed by atoms with Gasteiger partial charge in [0, 0.05) is 12.6 Å². The molecule has 17 heavy (non-hydrogen) atoms. The molecule has 1 fully saturated rings. The van der Waals surface area contributed by atoms with Crippen molar-refractivity contribution >= 4 is 34.8 Å². The van der Waals surface area contributed by atoms with Gasteiger partial charge in [-0.05, 0) is 25.3 Å². The molecule has 0 aromatic carbocycles. The standard InChI is InChI=1S/C11H16Cl2N4/c1-2-7-4-3-5-17(7)11-9(13)6-8(12)10(15-11)16-14/h6-7H,2-5,14H2,1H3,(H,15,16). The van der Waals surface area contributed by atoms with Gasteiger partial charge in [-0.2, -0.15) is 0 Å². The third-order valence-corrected chi connectivity index (χ3v) is 3.73. The summed E-state index contributed by atoms with van der Waals surface area (Å²) < 4.78 is 0. The molecular formula is C11H16Cl2N4. The van der Waals surface area contributed by atoms with Crippen LogP contribution < -0.4 is 16.2 Å². The molecular weight excluding hydrogens is 259 g/mol. The second kappa shape index (κ2) is 5.29. The van der Waals surface area contributed by atoms with E-state index in [1.165, 1.54) is 12.8 Å². The largest absolute Gasteiger partial charge is 0.352 e. The first-order valence-electron chi connectivity index (χ1n) is 5.76. The number of pyridine rings is 1. The number of nitrogen functional groups attached to an aromatic ring is 1. The molecule has 4 nitrogen and oxygen atoms in total. The number of rotatable bonds is 3. The van der Waals surface area contributed by atoms with Crippen LogP contribution in [0.15, 0.2) is 6.07 Å². The number of halogens is 2. The fourth-order valence-corrected chi connectivity index (χ4v) is 2.82. The first kappa shape index (κ1) is 12.7. The Morgan fingerprint density at radius 3 is 2.94 bits per heavy atom. The van der Waals surface area contributed by atoms with Gasteiger partial charge in [0.25, 0.3) is 0 Å². The summed E-state index contributed by atoms with van der Waals surface area (Å²) in [5.41, 5.74) is 2.49. The summed E-state index contributed by atoms with van der Waals surface area (Å²) in [6.07, 6.45) is 3.44. The van der Waals surface area contributed by atoms with E-state index < -0.39 is 0 Å². The van der Waals surface area contributed by atoms with Crippen LogP contribution in [0.25, 0.3) is 0 Å². The molecule has 1 unspecified atom stereocenters. The average Bonchev–Trinajstić information content (AvgIpc) is 2.77. The minimum Gasteiger partial charge on any atom is -0.352 e. The van der Waals surface area contributed by atoms with E-state index in [9.17, 15) is 0 Å². The van der Waals surface area contributed by atoms with Crippen molar-refractivity contribution in [1.29, 1.82) is 0 Å². The average molecular weight is 275 g/mol. The second-order valence-corrected chi connectivity index (χ2v) is 4.98. The smallest absolute Gasteiger partial charge is 0.161 e. The van der Waals surface area contributed by atoms with Crippen molar-refractivity contribution < 1.29 is 0 Å². The molecule has 2 rings (SSSR count). The SMILES string of the molecule is CCC1CCCN1c1nc(NN)c(Cl)cc1Cl. The van der Waals surface area contributed by atoms with Crippen molar-refractivity contribution in [3.63, 3.8) is 0 Å². The molecule has 0 amide bonds. The summed E-state index contributed by atoms with van der Waals surface area (Å²) in [6, 6.07) is 2.19. The van der Waals surface area contributed by atoms with Gasteiger partial charge >= 0.3 is 0 Å². The molecule has 0 aliphatic carbocycles. The monoisotopic (exact) mass is 274 g/mol. The Labute approximate surface area is 111 Å². The summed E-state index contributed by atoms with van der Waals surface area (Å²) >= 11 is 12.2. The highest BCUT2D eigenvalue weighted by molar-refractivity contribution is 6.37. The van der Waals surface area contributed by atoms with E-state index >= 15 is 0 Å². The highest BCUT2D eigenvalue weighted by Crippen LogP contribution is 2.35. The molecule has 1 aromatic heterocycles. The molecule has 0 radical (unpaired) electrons. The lowest BCUT2D eigenvalue weighted by molar-refractivity contribution is 0.641. The first-order chi connectivity index (χ1) is 8.17. The zero-order valence-electron chi connectivity index (χ0n) is 9.71. The predicted octanol–water partition coefficient (Wildman–Crippen LogP) is 3.05. The van der Waals surface area contributed by atoms with Crippen molar-refractivity contribution in [2.24, 2.45) is 5.84 Å². The molecule has 1 aliphatic heterocycles. The van der Waals surface area contributed by atoms with Crippen molar-refractivity contribution in [3.8, 4) is 0 Å². The van der Waals surface area contributed by atoms with E-state index in [0.29, 0.717) is 21.9 Å². The lowest BCUT2D eigenvalue weighted by Crippen LogP contribution is -2.30. The molecule has 0 saturated carbocycles. The van der Waals surface area contributed by atoms with Crippen LogP contribution in [-0.4, -0.2) is 17.6 Å². The maximum absolute atomic E-state index is 6.20. The van der Waals surface area contributed by atoms with Gasteiger partial charge in [-0.15, -0.1) is 0 Å². The Kier molecular flexibility index (Phi) is 3.97. The number of aromatic nitrogens is 1. The molecule has 6 heteroatoms. The summed E-state index contributed by atoms with van der Waals surface area (Å²) in [5.74, 6) is 6.61. The van der Waals surface area contributed by atoms with Crippen LogP contribution in [0, 0.1) is 0 Å². The lowest BCUT2D eigenvalue weighted by Gasteiger charge is -2.26. The third kappa shape index (κ3) is 2.44. The van der Waals surface area contributed by atoms with Crippen LogP contribution in [-0.2, 0) is 0 Å². The van der Waals surface area contributed by atoms with E-state index in [0.717, 1.165) is 18.8 Å². The fraction of sp³-hybridized carbons (Fsp3) is 0.545. The molecule has 2 heterocycles. The molecule has 94 valence electrons. The van der Waals surface area contributed by atoms with Crippen LogP contribution in [0.3, 0.4) is 0 Å². The maximum Gasteiger partial charge on any atom is 0.161 e. The van der Waals surface area contributed by atoms with E-state index in [1.807, 2.05) is 0 Å². The van der Waals surface area contributed by atoms with Crippen LogP contribution in [0.5, 0.6) is 0 Å². The van der Waals surface area contributed by atoms with Crippen LogP contribution in [0.1, 0.15) is 26.2 Å². The Morgan fingerprint density at radius 2 is 2.29 bits per heavy atom. The normalized spacial score (nSPS) is 19.8. The number of nitrogens with one attached hydrogen (secondary N) is 1. The Bertz CT molecular complexity index is 411. The molecule has 0 spiro atoms. The summed E-state index contributed by atoms with van der Waals surface area (Å²) in [6.45, 7) is 3.16. The quantitative estimate of drug-likeness (QED) is 0.657. The first-order valence-corrected chi connectivity index (χ1v) is 6.52. The van der Waals surface area contributed by atoms with Crippen molar-refractivity contribution in [1.82, 2.24) is 4.98 Å². The third-order valence-electron chi connectivity index (χ3n) is 3.17. The molecule has 1 aliphatic rings. The Morgan fingerprint density at radius 1 is 1.53 bits per heavy atom. The summed E-state index contributed by atoms with van der Waals surface area (Å²) in [4.78, 5) is 6.63. The number of nitrogens with two attached hydrogens (primary N) is 1.